The van der Waals surface area contributed by atoms with Gasteiger partial charge in [0.2, 0.25) is 5.89 Å². The number of rotatable bonds is 5. The summed E-state index contributed by atoms with van der Waals surface area (Å²) in [7, 11) is 1.28. The minimum absolute atomic E-state index is 0.106. The zero-order valence-electron chi connectivity index (χ0n) is 11.5. The van der Waals surface area contributed by atoms with E-state index in [-0.39, 0.29) is 17.1 Å². The molecule has 0 aliphatic carbocycles. The second-order valence-corrected chi connectivity index (χ2v) is 4.37. The van der Waals surface area contributed by atoms with Crippen molar-refractivity contribution in [1.29, 1.82) is 0 Å². The summed E-state index contributed by atoms with van der Waals surface area (Å²) in [6.45, 7) is 2.03. The molecule has 0 atom stereocenters. The summed E-state index contributed by atoms with van der Waals surface area (Å²) < 4.78 is 24.0. The number of esters is 1. The summed E-state index contributed by atoms with van der Waals surface area (Å²) in [5.74, 6) is -0.457. The van der Waals surface area contributed by atoms with E-state index < -0.39 is 11.8 Å². The normalized spacial score (nSPS) is 10.6. The number of methoxy groups -OCH3 is 1. The van der Waals surface area contributed by atoms with E-state index in [1.54, 1.807) is 18.2 Å². The van der Waals surface area contributed by atoms with Crippen molar-refractivity contribution in [2.75, 3.05) is 7.11 Å². The Labute approximate surface area is 116 Å². The van der Waals surface area contributed by atoms with Gasteiger partial charge in [-0.15, -0.1) is 0 Å². The van der Waals surface area contributed by atoms with Crippen LogP contribution in [0.25, 0.3) is 11.5 Å². The van der Waals surface area contributed by atoms with E-state index in [1.165, 1.54) is 13.2 Å². The number of carbonyl (C=O) groups is 1. The van der Waals surface area contributed by atoms with Crippen LogP contribution < -0.4 is 0 Å². The molecule has 0 amide bonds. The number of oxazole rings is 1. The minimum atomic E-state index is -0.567. The van der Waals surface area contributed by atoms with E-state index in [1.807, 2.05) is 6.92 Å². The molecule has 0 saturated carbocycles. The van der Waals surface area contributed by atoms with Crippen molar-refractivity contribution in [3.8, 4) is 11.5 Å². The smallest absolute Gasteiger partial charge is 0.360 e. The Bertz CT molecular complexity index is 607. The Morgan fingerprint density at radius 3 is 2.80 bits per heavy atom. The third-order valence-corrected chi connectivity index (χ3v) is 2.94. The summed E-state index contributed by atoms with van der Waals surface area (Å²) >= 11 is 0. The number of aromatic nitrogens is 1. The number of halogens is 1. The standard InChI is InChI=1S/C15H16FNO3/c1-3-4-9-12-13(15(18)19-2)17-14(20-12)10-7-5-6-8-11(10)16/h5-8H,3-4,9H2,1-2H3. The average Bonchev–Trinajstić information content (AvgIpc) is 2.88. The van der Waals surface area contributed by atoms with Gasteiger partial charge in [-0.2, -0.15) is 0 Å². The number of hydrogen-bond acceptors (Lipinski definition) is 4. The Hall–Kier alpha value is -2.17. The van der Waals surface area contributed by atoms with Crippen molar-refractivity contribution in [2.45, 2.75) is 26.2 Å². The van der Waals surface area contributed by atoms with Crippen molar-refractivity contribution >= 4 is 5.97 Å². The predicted octanol–water partition coefficient (Wildman–Crippen LogP) is 3.61. The van der Waals surface area contributed by atoms with Crippen LogP contribution in [-0.4, -0.2) is 18.1 Å². The van der Waals surface area contributed by atoms with Crippen molar-refractivity contribution in [2.24, 2.45) is 0 Å². The maximum atomic E-state index is 13.7. The fraction of sp³-hybridized carbons (Fsp3) is 0.333. The average molecular weight is 277 g/mol. The van der Waals surface area contributed by atoms with Crippen LogP contribution in [-0.2, 0) is 11.2 Å². The van der Waals surface area contributed by atoms with Gasteiger partial charge in [-0.3, -0.25) is 0 Å². The second-order valence-electron chi connectivity index (χ2n) is 4.37. The Kier molecular flexibility index (Phi) is 4.50. The van der Waals surface area contributed by atoms with Crippen LogP contribution in [0.5, 0.6) is 0 Å². The van der Waals surface area contributed by atoms with Gasteiger partial charge < -0.3 is 9.15 Å². The molecule has 0 N–H and O–H groups in total. The van der Waals surface area contributed by atoms with E-state index in [0.29, 0.717) is 12.2 Å². The molecule has 20 heavy (non-hydrogen) atoms. The molecule has 1 aromatic carbocycles. The van der Waals surface area contributed by atoms with E-state index in [2.05, 4.69) is 9.72 Å². The zero-order valence-corrected chi connectivity index (χ0v) is 11.5. The molecule has 0 saturated heterocycles. The molecule has 1 aromatic heterocycles. The van der Waals surface area contributed by atoms with Crippen molar-refractivity contribution in [1.82, 2.24) is 4.98 Å². The highest BCUT2D eigenvalue weighted by molar-refractivity contribution is 5.88. The van der Waals surface area contributed by atoms with Gasteiger partial charge in [0.05, 0.1) is 12.7 Å². The summed E-state index contributed by atoms with van der Waals surface area (Å²) in [5, 5.41) is 0. The summed E-state index contributed by atoms with van der Waals surface area (Å²) in [6.07, 6.45) is 2.38. The van der Waals surface area contributed by atoms with Crippen molar-refractivity contribution in [3.05, 3.63) is 41.5 Å². The molecule has 106 valence electrons. The van der Waals surface area contributed by atoms with E-state index >= 15 is 0 Å². The topological polar surface area (TPSA) is 52.3 Å². The first-order chi connectivity index (χ1) is 9.67. The van der Waals surface area contributed by atoms with Crippen molar-refractivity contribution in [3.63, 3.8) is 0 Å². The highest BCUT2D eigenvalue weighted by Gasteiger charge is 2.22. The summed E-state index contributed by atoms with van der Waals surface area (Å²) in [6, 6.07) is 6.15. The molecule has 0 bridgehead atoms. The monoisotopic (exact) mass is 277 g/mol. The molecule has 0 radical (unpaired) electrons. The molecule has 2 aromatic rings. The molecule has 2 rings (SSSR count). The minimum Gasteiger partial charge on any atom is -0.464 e. The Morgan fingerprint density at radius 1 is 1.40 bits per heavy atom. The molecule has 1 heterocycles. The molecule has 4 nitrogen and oxygen atoms in total. The fourth-order valence-corrected chi connectivity index (χ4v) is 1.86. The first-order valence-electron chi connectivity index (χ1n) is 6.50. The largest absolute Gasteiger partial charge is 0.464 e. The van der Waals surface area contributed by atoms with Crippen LogP contribution >= 0.6 is 0 Å². The number of nitrogens with zero attached hydrogens (tertiary/aromatic N) is 1. The van der Waals surface area contributed by atoms with E-state index in [4.69, 9.17) is 4.42 Å². The molecule has 0 spiro atoms. The lowest BCUT2D eigenvalue weighted by Gasteiger charge is -1.97. The third kappa shape index (κ3) is 2.87. The van der Waals surface area contributed by atoms with Gasteiger partial charge in [-0.25, -0.2) is 14.2 Å². The van der Waals surface area contributed by atoms with Crippen LogP contribution in [0, 0.1) is 5.82 Å². The van der Waals surface area contributed by atoms with Gasteiger partial charge in [0, 0.05) is 6.42 Å². The lowest BCUT2D eigenvalue weighted by Crippen LogP contribution is -2.05. The lowest BCUT2D eigenvalue weighted by atomic mass is 10.2. The molecule has 0 fully saturated rings. The second kappa shape index (κ2) is 6.32. The molecule has 0 aliphatic heterocycles. The van der Waals surface area contributed by atoms with Gasteiger partial charge in [0.25, 0.3) is 0 Å². The van der Waals surface area contributed by atoms with Crippen LogP contribution in [0.15, 0.2) is 28.7 Å². The maximum Gasteiger partial charge on any atom is 0.360 e. The Morgan fingerprint density at radius 2 is 2.15 bits per heavy atom. The lowest BCUT2D eigenvalue weighted by molar-refractivity contribution is 0.0592. The zero-order chi connectivity index (χ0) is 14.5. The summed E-state index contributed by atoms with van der Waals surface area (Å²) in [4.78, 5) is 15.8. The predicted molar refractivity (Wildman–Crippen MR) is 71.8 cm³/mol. The Balaban J connectivity index is 2.43. The van der Waals surface area contributed by atoms with Crippen LogP contribution in [0.3, 0.4) is 0 Å². The van der Waals surface area contributed by atoms with Crippen LogP contribution in [0.2, 0.25) is 0 Å². The van der Waals surface area contributed by atoms with Crippen LogP contribution in [0.1, 0.15) is 36.0 Å². The summed E-state index contributed by atoms with van der Waals surface area (Å²) in [5.41, 5.74) is 0.361. The number of aryl methyl sites for hydroxylation is 1. The number of benzene rings is 1. The fourth-order valence-electron chi connectivity index (χ4n) is 1.86. The molecular weight excluding hydrogens is 261 g/mol. The SMILES string of the molecule is CCCCc1oc(-c2ccccc2F)nc1C(=O)OC. The van der Waals surface area contributed by atoms with Crippen LogP contribution in [0.4, 0.5) is 4.39 Å². The van der Waals surface area contributed by atoms with Gasteiger partial charge in [0.1, 0.15) is 11.6 Å². The third-order valence-electron chi connectivity index (χ3n) is 2.94. The van der Waals surface area contributed by atoms with Crippen molar-refractivity contribution < 1.29 is 18.3 Å². The maximum absolute atomic E-state index is 13.7. The molecular formula is C15H16FNO3. The van der Waals surface area contributed by atoms with Gasteiger partial charge in [0.15, 0.2) is 5.69 Å². The van der Waals surface area contributed by atoms with Gasteiger partial charge in [-0.05, 0) is 18.6 Å². The number of hydrogen-bond donors (Lipinski definition) is 0. The first kappa shape index (κ1) is 14.2. The molecule has 0 unspecified atom stereocenters. The first-order valence-corrected chi connectivity index (χ1v) is 6.50. The number of ether oxygens (including phenoxy) is 1. The van der Waals surface area contributed by atoms with E-state index in [0.717, 1.165) is 12.8 Å². The van der Waals surface area contributed by atoms with E-state index in [9.17, 15) is 9.18 Å². The van der Waals surface area contributed by atoms with Gasteiger partial charge in [-0.1, -0.05) is 25.5 Å². The van der Waals surface area contributed by atoms with Gasteiger partial charge >= 0.3 is 5.97 Å². The highest BCUT2D eigenvalue weighted by atomic mass is 19.1. The highest BCUT2D eigenvalue weighted by Crippen LogP contribution is 2.25. The number of unbranched alkanes of at least 4 members (excludes halogenated alkanes) is 1. The number of carbonyl (C=O) groups excluding carboxylic acids is 1. The molecule has 5 heteroatoms. The quantitative estimate of drug-likeness (QED) is 0.783. The molecule has 0 aliphatic rings.